The Bertz CT molecular complexity index is 596. The van der Waals surface area contributed by atoms with Crippen molar-refractivity contribution in [2.24, 2.45) is 0 Å². The fourth-order valence-electron chi connectivity index (χ4n) is 1.75. The van der Waals surface area contributed by atoms with Gasteiger partial charge in [-0.3, -0.25) is 4.79 Å². The van der Waals surface area contributed by atoms with Gasteiger partial charge in [-0.2, -0.15) is 0 Å². The predicted octanol–water partition coefficient (Wildman–Crippen LogP) is 4.89. The zero-order chi connectivity index (χ0) is 14.5. The van der Waals surface area contributed by atoms with E-state index in [1.807, 2.05) is 36.4 Å². The third-order valence-electron chi connectivity index (χ3n) is 2.94. The van der Waals surface area contributed by atoms with Crippen molar-refractivity contribution in [3.05, 3.63) is 69.2 Å². The second kappa shape index (κ2) is 7.02. The van der Waals surface area contributed by atoms with Gasteiger partial charge in [-0.05, 0) is 30.7 Å². The van der Waals surface area contributed by atoms with Gasteiger partial charge in [-0.25, -0.2) is 0 Å². The average Bonchev–Trinajstić information content (AvgIpc) is 2.46. The van der Waals surface area contributed by atoms with Crippen LogP contribution in [-0.4, -0.2) is 11.9 Å². The van der Waals surface area contributed by atoms with E-state index in [4.69, 9.17) is 16.3 Å². The number of halogens is 2. The lowest BCUT2D eigenvalue weighted by Gasteiger charge is -2.13. The molecule has 2 nitrogen and oxygen atoms in total. The van der Waals surface area contributed by atoms with Crippen molar-refractivity contribution in [1.82, 2.24) is 0 Å². The van der Waals surface area contributed by atoms with Gasteiger partial charge in [0.2, 0.25) is 0 Å². The number of hydrogen-bond donors (Lipinski definition) is 0. The Morgan fingerprint density at radius 1 is 1.20 bits per heavy atom. The molecule has 0 aliphatic rings. The summed E-state index contributed by atoms with van der Waals surface area (Å²) in [6.45, 7) is 2.07. The molecule has 0 aromatic heterocycles. The van der Waals surface area contributed by atoms with Crippen molar-refractivity contribution < 1.29 is 9.53 Å². The summed E-state index contributed by atoms with van der Waals surface area (Å²) in [5.41, 5.74) is 1.52. The van der Waals surface area contributed by atoms with Crippen molar-refractivity contribution in [1.29, 1.82) is 0 Å². The molecule has 4 heteroatoms. The number of carbonyl (C=O) groups excluding carboxylic acids is 1. The summed E-state index contributed by atoms with van der Waals surface area (Å²) in [5.74, 6) is -0.0375. The predicted molar refractivity (Wildman–Crippen MR) is 84.2 cm³/mol. The average molecular weight is 354 g/mol. The first-order valence-electron chi connectivity index (χ1n) is 6.22. The van der Waals surface area contributed by atoms with E-state index >= 15 is 0 Å². The molecule has 1 unspecified atom stereocenters. The Labute approximate surface area is 131 Å². The van der Waals surface area contributed by atoms with Crippen LogP contribution in [0.3, 0.4) is 0 Å². The van der Waals surface area contributed by atoms with Gasteiger partial charge in [0, 0.05) is 15.1 Å². The summed E-state index contributed by atoms with van der Waals surface area (Å²) < 4.78 is 6.55. The summed E-state index contributed by atoms with van der Waals surface area (Å²) in [6.07, 6.45) is -0.507. The molecule has 2 rings (SSSR count). The number of benzene rings is 2. The number of rotatable bonds is 5. The molecule has 0 spiro atoms. The fraction of sp³-hybridized carbons (Fsp3) is 0.188. The Balaban J connectivity index is 1.98. The lowest BCUT2D eigenvalue weighted by Crippen LogP contribution is -2.20. The van der Waals surface area contributed by atoms with Crippen LogP contribution in [-0.2, 0) is 11.3 Å². The van der Waals surface area contributed by atoms with Crippen LogP contribution in [0.4, 0.5) is 0 Å². The molecule has 0 saturated carbocycles. The van der Waals surface area contributed by atoms with E-state index in [0.717, 1.165) is 10.0 Å². The second-order valence-electron chi connectivity index (χ2n) is 4.42. The Kier molecular flexibility index (Phi) is 5.35. The number of Topliss-reactive ketones (excluding diaryl/α,β-unsaturated/α-hetero) is 1. The standard InChI is InChI=1S/C16H14BrClO2/c1-11(16(19)12-6-8-14(17)9-7-12)20-10-13-4-2-3-5-15(13)18/h2-9,11H,10H2,1H3. The van der Waals surface area contributed by atoms with Gasteiger partial charge in [0.25, 0.3) is 0 Å². The van der Waals surface area contributed by atoms with Crippen LogP contribution in [0.25, 0.3) is 0 Å². The first kappa shape index (κ1) is 15.2. The van der Waals surface area contributed by atoms with Crippen LogP contribution in [0.5, 0.6) is 0 Å². The Hall–Kier alpha value is -1.16. The summed E-state index contributed by atoms with van der Waals surface area (Å²) in [6, 6.07) is 14.7. The molecule has 0 radical (unpaired) electrons. The van der Waals surface area contributed by atoms with E-state index in [2.05, 4.69) is 15.9 Å². The highest BCUT2D eigenvalue weighted by Crippen LogP contribution is 2.18. The van der Waals surface area contributed by atoms with Crippen molar-refractivity contribution in [3.63, 3.8) is 0 Å². The number of hydrogen-bond acceptors (Lipinski definition) is 2. The van der Waals surface area contributed by atoms with Crippen LogP contribution in [0, 0.1) is 0 Å². The van der Waals surface area contributed by atoms with Gasteiger partial charge in [-0.1, -0.05) is 57.9 Å². The smallest absolute Gasteiger partial charge is 0.191 e. The summed E-state index contributed by atoms with van der Waals surface area (Å²) >= 11 is 9.40. The fourth-order valence-corrected chi connectivity index (χ4v) is 2.21. The van der Waals surface area contributed by atoms with Crippen molar-refractivity contribution in [2.45, 2.75) is 19.6 Å². The minimum Gasteiger partial charge on any atom is -0.366 e. The van der Waals surface area contributed by atoms with Crippen molar-refractivity contribution >= 4 is 33.3 Å². The van der Waals surface area contributed by atoms with E-state index in [-0.39, 0.29) is 5.78 Å². The molecule has 0 N–H and O–H groups in total. The summed E-state index contributed by atoms with van der Waals surface area (Å²) in [4.78, 5) is 12.2. The summed E-state index contributed by atoms with van der Waals surface area (Å²) in [7, 11) is 0. The topological polar surface area (TPSA) is 26.3 Å². The zero-order valence-electron chi connectivity index (χ0n) is 11.0. The molecule has 20 heavy (non-hydrogen) atoms. The van der Waals surface area contributed by atoms with Crippen LogP contribution >= 0.6 is 27.5 Å². The maximum Gasteiger partial charge on any atom is 0.191 e. The van der Waals surface area contributed by atoms with Gasteiger partial charge >= 0.3 is 0 Å². The van der Waals surface area contributed by atoms with Crippen molar-refractivity contribution in [3.8, 4) is 0 Å². The van der Waals surface area contributed by atoms with E-state index in [9.17, 15) is 4.79 Å². The molecule has 104 valence electrons. The quantitative estimate of drug-likeness (QED) is 0.715. The first-order valence-corrected chi connectivity index (χ1v) is 7.40. The molecule has 0 aliphatic carbocycles. The maximum absolute atomic E-state index is 12.2. The highest BCUT2D eigenvalue weighted by atomic mass is 79.9. The van der Waals surface area contributed by atoms with E-state index in [1.165, 1.54) is 0 Å². The number of ketones is 1. The first-order chi connectivity index (χ1) is 9.58. The van der Waals surface area contributed by atoms with E-state index in [0.29, 0.717) is 17.2 Å². The monoisotopic (exact) mass is 352 g/mol. The Morgan fingerprint density at radius 3 is 2.50 bits per heavy atom. The van der Waals surface area contributed by atoms with Crippen LogP contribution in [0.1, 0.15) is 22.8 Å². The largest absolute Gasteiger partial charge is 0.366 e. The molecule has 2 aromatic carbocycles. The molecule has 0 heterocycles. The molecule has 0 amide bonds. The Morgan fingerprint density at radius 2 is 1.85 bits per heavy atom. The number of ether oxygens (including phenoxy) is 1. The van der Waals surface area contributed by atoms with E-state index in [1.54, 1.807) is 19.1 Å². The molecule has 0 fully saturated rings. The van der Waals surface area contributed by atoms with Crippen molar-refractivity contribution in [2.75, 3.05) is 0 Å². The molecular weight excluding hydrogens is 340 g/mol. The van der Waals surface area contributed by atoms with Crippen LogP contribution in [0.15, 0.2) is 53.0 Å². The minimum absolute atomic E-state index is 0.0375. The van der Waals surface area contributed by atoms with Gasteiger partial charge in [0.1, 0.15) is 6.10 Å². The lowest BCUT2D eigenvalue weighted by molar-refractivity contribution is 0.0412. The lowest BCUT2D eigenvalue weighted by atomic mass is 10.1. The molecule has 0 aliphatic heterocycles. The zero-order valence-corrected chi connectivity index (χ0v) is 13.3. The van der Waals surface area contributed by atoms with Crippen LogP contribution < -0.4 is 0 Å². The van der Waals surface area contributed by atoms with Gasteiger partial charge in [0.05, 0.1) is 6.61 Å². The normalized spacial score (nSPS) is 12.2. The van der Waals surface area contributed by atoms with Gasteiger partial charge in [0.15, 0.2) is 5.78 Å². The second-order valence-corrected chi connectivity index (χ2v) is 5.74. The SMILES string of the molecule is CC(OCc1ccccc1Cl)C(=O)c1ccc(Br)cc1. The molecule has 0 saturated heterocycles. The maximum atomic E-state index is 12.2. The molecule has 2 aromatic rings. The highest BCUT2D eigenvalue weighted by molar-refractivity contribution is 9.10. The van der Waals surface area contributed by atoms with Gasteiger partial charge in [-0.15, -0.1) is 0 Å². The number of carbonyl (C=O) groups is 1. The highest BCUT2D eigenvalue weighted by Gasteiger charge is 2.16. The van der Waals surface area contributed by atoms with E-state index < -0.39 is 6.10 Å². The van der Waals surface area contributed by atoms with Gasteiger partial charge < -0.3 is 4.74 Å². The summed E-state index contributed by atoms with van der Waals surface area (Å²) in [5, 5.41) is 0.649. The minimum atomic E-state index is -0.507. The molecule has 1 atom stereocenters. The van der Waals surface area contributed by atoms with Crippen LogP contribution in [0.2, 0.25) is 5.02 Å². The third-order valence-corrected chi connectivity index (χ3v) is 3.84. The molecular formula is C16H14BrClO2. The third kappa shape index (κ3) is 3.92. The molecule has 0 bridgehead atoms.